The number of halogens is 1. The van der Waals surface area contributed by atoms with E-state index in [1.807, 2.05) is 19.2 Å². The minimum Gasteiger partial charge on any atom is -0.369 e. The van der Waals surface area contributed by atoms with Crippen molar-refractivity contribution in [1.29, 1.82) is 0 Å². The number of hydrogen-bond acceptors (Lipinski definition) is 4. The lowest BCUT2D eigenvalue weighted by Crippen LogP contribution is -2.23. The number of nitrogens with one attached hydrogen (secondary N) is 2. The molecule has 0 radical (unpaired) electrons. The minimum atomic E-state index is -0.325. The quantitative estimate of drug-likeness (QED) is 0.908. The Labute approximate surface area is 132 Å². The number of carbonyl (C=O) groups excluding carboxylic acids is 1. The summed E-state index contributed by atoms with van der Waals surface area (Å²) in [6.07, 6.45) is 0. The maximum absolute atomic E-state index is 11.9. The van der Waals surface area contributed by atoms with E-state index in [4.69, 9.17) is 11.6 Å². The number of carbonyl (C=O) groups is 1. The summed E-state index contributed by atoms with van der Waals surface area (Å²) in [4.78, 5) is 14.0. The first-order chi connectivity index (χ1) is 10.1. The number of rotatable bonds is 4. The third kappa shape index (κ3) is 2.64. The van der Waals surface area contributed by atoms with Crippen molar-refractivity contribution in [2.24, 2.45) is 0 Å². The van der Waals surface area contributed by atoms with Crippen molar-refractivity contribution in [2.45, 2.75) is 12.6 Å². The molecule has 0 aliphatic carbocycles. The van der Waals surface area contributed by atoms with Crippen LogP contribution in [-0.2, 0) is 11.3 Å². The van der Waals surface area contributed by atoms with Crippen LogP contribution >= 0.6 is 22.9 Å². The van der Waals surface area contributed by atoms with Crippen LogP contribution in [0.25, 0.3) is 0 Å². The van der Waals surface area contributed by atoms with Crippen LogP contribution in [0.2, 0.25) is 5.02 Å². The number of fused-ring (bicyclic) bond motifs is 1. The molecular weight excluding hydrogens is 306 g/mol. The van der Waals surface area contributed by atoms with Gasteiger partial charge in [0.25, 0.3) is 0 Å². The third-order valence-corrected chi connectivity index (χ3v) is 4.68. The molecule has 0 fully saturated rings. The third-order valence-electron chi connectivity index (χ3n) is 3.65. The topological polar surface area (TPSA) is 44.4 Å². The summed E-state index contributed by atoms with van der Waals surface area (Å²) in [5.41, 5.74) is 3.89. The zero-order valence-electron chi connectivity index (χ0n) is 11.8. The fourth-order valence-electron chi connectivity index (χ4n) is 2.59. The lowest BCUT2D eigenvalue weighted by molar-refractivity contribution is -0.117. The van der Waals surface area contributed by atoms with E-state index in [0.717, 1.165) is 23.5 Å². The van der Waals surface area contributed by atoms with E-state index < -0.39 is 0 Å². The molecule has 4 nitrogen and oxygen atoms in total. The smallest absolute Gasteiger partial charge is 0.246 e. The Morgan fingerprint density at radius 3 is 2.95 bits per heavy atom. The lowest BCUT2D eigenvalue weighted by atomic mass is 10.1. The van der Waals surface area contributed by atoms with E-state index in [9.17, 15) is 4.79 Å². The van der Waals surface area contributed by atoms with E-state index in [0.29, 0.717) is 5.02 Å². The van der Waals surface area contributed by atoms with E-state index in [1.165, 1.54) is 5.56 Å². The number of anilines is 2. The van der Waals surface area contributed by atoms with E-state index in [2.05, 4.69) is 32.4 Å². The van der Waals surface area contributed by atoms with Crippen LogP contribution in [-0.4, -0.2) is 20.0 Å². The Hall–Kier alpha value is -1.56. The molecule has 2 heterocycles. The first-order valence-electron chi connectivity index (χ1n) is 6.64. The van der Waals surface area contributed by atoms with Gasteiger partial charge in [0, 0.05) is 24.8 Å². The normalized spacial score (nSPS) is 16.7. The second kappa shape index (κ2) is 5.67. The molecule has 1 aliphatic heterocycles. The van der Waals surface area contributed by atoms with Crippen molar-refractivity contribution in [3.63, 3.8) is 0 Å². The molecule has 0 saturated heterocycles. The molecule has 3 rings (SSSR count). The number of nitrogens with zero attached hydrogens (tertiary/aromatic N) is 1. The zero-order valence-corrected chi connectivity index (χ0v) is 13.4. The molecule has 6 heteroatoms. The standard InChI is InChI=1S/C15H16ClN3OS/c1-17-14-10-5-11(16)13(6-12(10)18-15(14)20)19(2)7-9-3-4-21-8-9/h3-6,8,14,17H,7H2,1-2H3,(H,18,20). The Bertz CT molecular complexity index is 672. The fourth-order valence-corrected chi connectivity index (χ4v) is 3.57. The molecule has 2 aromatic rings. The van der Waals surface area contributed by atoms with Gasteiger partial charge in [-0.15, -0.1) is 0 Å². The van der Waals surface area contributed by atoms with Gasteiger partial charge in [0.1, 0.15) is 6.04 Å². The van der Waals surface area contributed by atoms with Gasteiger partial charge in [-0.25, -0.2) is 0 Å². The molecule has 1 atom stereocenters. The maximum Gasteiger partial charge on any atom is 0.246 e. The summed E-state index contributed by atoms with van der Waals surface area (Å²) < 4.78 is 0. The van der Waals surface area contributed by atoms with Gasteiger partial charge in [-0.1, -0.05) is 11.6 Å². The number of amides is 1. The first-order valence-corrected chi connectivity index (χ1v) is 7.96. The molecule has 1 aromatic carbocycles. The molecule has 0 bridgehead atoms. The number of hydrogen-bond donors (Lipinski definition) is 2. The summed E-state index contributed by atoms with van der Waals surface area (Å²) in [5.74, 6) is -0.0406. The van der Waals surface area contributed by atoms with Crippen LogP contribution in [0.4, 0.5) is 11.4 Å². The van der Waals surface area contributed by atoms with Crippen LogP contribution < -0.4 is 15.5 Å². The molecule has 1 unspecified atom stereocenters. The number of thiophene rings is 1. The Morgan fingerprint density at radius 2 is 2.29 bits per heavy atom. The first kappa shape index (κ1) is 14.4. The predicted octanol–water partition coefficient (Wildman–Crippen LogP) is 3.25. The van der Waals surface area contributed by atoms with Crippen LogP contribution in [0, 0.1) is 0 Å². The highest BCUT2D eigenvalue weighted by molar-refractivity contribution is 7.07. The zero-order chi connectivity index (χ0) is 15.0. The second-order valence-electron chi connectivity index (χ2n) is 5.09. The SMILES string of the molecule is CNC1C(=O)Nc2cc(N(C)Cc3ccsc3)c(Cl)cc21. The van der Waals surface area contributed by atoms with Gasteiger partial charge in [-0.2, -0.15) is 11.3 Å². The highest BCUT2D eigenvalue weighted by atomic mass is 35.5. The van der Waals surface area contributed by atoms with Crippen LogP contribution in [0.15, 0.2) is 29.0 Å². The van der Waals surface area contributed by atoms with E-state index >= 15 is 0 Å². The van der Waals surface area contributed by atoms with Crippen LogP contribution in [0.3, 0.4) is 0 Å². The van der Waals surface area contributed by atoms with Crippen LogP contribution in [0.5, 0.6) is 0 Å². The van der Waals surface area contributed by atoms with Gasteiger partial charge in [0.15, 0.2) is 0 Å². The molecule has 0 spiro atoms. The fraction of sp³-hybridized carbons (Fsp3) is 0.267. The largest absolute Gasteiger partial charge is 0.369 e. The predicted molar refractivity (Wildman–Crippen MR) is 88.3 cm³/mol. The van der Waals surface area contributed by atoms with Crippen molar-refractivity contribution < 1.29 is 4.79 Å². The monoisotopic (exact) mass is 321 g/mol. The van der Waals surface area contributed by atoms with Gasteiger partial charge in [0.2, 0.25) is 5.91 Å². The molecule has 1 aromatic heterocycles. The van der Waals surface area contributed by atoms with Crippen molar-refractivity contribution >= 4 is 40.2 Å². The summed E-state index contributed by atoms with van der Waals surface area (Å²) in [6, 6.07) is 5.59. The van der Waals surface area contributed by atoms with Gasteiger partial charge in [0.05, 0.1) is 10.7 Å². The Kier molecular flexibility index (Phi) is 3.89. The van der Waals surface area contributed by atoms with Gasteiger partial charge < -0.3 is 15.5 Å². The molecule has 2 N–H and O–H groups in total. The molecule has 110 valence electrons. The number of likely N-dealkylation sites (N-methyl/N-ethyl adjacent to an activating group) is 1. The molecule has 1 amide bonds. The van der Waals surface area contributed by atoms with Gasteiger partial charge in [-0.3, -0.25) is 4.79 Å². The molecular formula is C15H16ClN3OS. The van der Waals surface area contributed by atoms with Gasteiger partial charge in [-0.05, 0) is 41.6 Å². The molecule has 1 aliphatic rings. The van der Waals surface area contributed by atoms with Gasteiger partial charge >= 0.3 is 0 Å². The minimum absolute atomic E-state index is 0.0406. The summed E-state index contributed by atoms with van der Waals surface area (Å²) in [7, 11) is 3.77. The molecule has 0 saturated carbocycles. The lowest BCUT2D eigenvalue weighted by Gasteiger charge is -2.21. The Balaban J connectivity index is 1.91. The summed E-state index contributed by atoms with van der Waals surface area (Å²) in [6.45, 7) is 0.783. The van der Waals surface area contributed by atoms with E-state index in [-0.39, 0.29) is 11.9 Å². The highest BCUT2D eigenvalue weighted by Crippen LogP contribution is 2.38. The second-order valence-corrected chi connectivity index (χ2v) is 6.28. The van der Waals surface area contributed by atoms with Crippen molar-refractivity contribution in [2.75, 3.05) is 24.3 Å². The maximum atomic E-state index is 11.9. The number of benzene rings is 1. The highest BCUT2D eigenvalue weighted by Gasteiger charge is 2.30. The average Bonchev–Trinajstić information content (AvgIpc) is 3.04. The molecule has 21 heavy (non-hydrogen) atoms. The average molecular weight is 322 g/mol. The Morgan fingerprint density at radius 1 is 1.48 bits per heavy atom. The van der Waals surface area contributed by atoms with Crippen molar-refractivity contribution in [1.82, 2.24) is 5.32 Å². The van der Waals surface area contributed by atoms with Crippen molar-refractivity contribution in [3.05, 3.63) is 45.1 Å². The van der Waals surface area contributed by atoms with E-state index in [1.54, 1.807) is 18.4 Å². The van der Waals surface area contributed by atoms with Crippen molar-refractivity contribution in [3.8, 4) is 0 Å². The van der Waals surface area contributed by atoms with Crippen LogP contribution in [0.1, 0.15) is 17.2 Å². The summed E-state index contributed by atoms with van der Waals surface area (Å²) >= 11 is 8.09. The summed E-state index contributed by atoms with van der Waals surface area (Å²) in [5, 5.41) is 10.7.